The van der Waals surface area contributed by atoms with Crippen molar-refractivity contribution < 1.29 is 15.0 Å². The fraction of sp³-hybridized carbons (Fsp3) is 0.0625. The number of aromatic nitrogens is 3. The van der Waals surface area contributed by atoms with Crippen molar-refractivity contribution >= 4 is 5.97 Å². The van der Waals surface area contributed by atoms with Crippen LogP contribution in [-0.4, -0.2) is 30.9 Å². The molecular formula is C16H13N3O3. The number of carboxylic acid groups (broad SMARTS) is 1. The minimum Gasteiger partial charge on any atom is -0.493 e. The lowest BCUT2D eigenvalue weighted by atomic mass is 10.1. The molecule has 0 aliphatic heterocycles. The van der Waals surface area contributed by atoms with Crippen molar-refractivity contribution in [2.45, 2.75) is 6.92 Å². The molecule has 0 spiro atoms. The third kappa shape index (κ3) is 2.42. The highest BCUT2D eigenvalue weighted by Gasteiger charge is 2.14. The molecule has 2 N–H and O–H groups in total. The number of aromatic hydroxyl groups is 1. The van der Waals surface area contributed by atoms with Gasteiger partial charge >= 0.3 is 5.97 Å². The van der Waals surface area contributed by atoms with Crippen LogP contribution in [0.5, 0.6) is 5.88 Å². The number of aryl methyl sites for hydroxylation is 1. The molecule has 0 atom stereocenters. The van der Waals surface area contributed by atoms with E-state index >= 15 is 0 Å². The van der Waals surface area contributed by atoms with Crippen LogP contribution in [0, 0.1) is 6.92 Å². The first-order chi connectivity index (χ1) is 10.6. The largest absolute Gasteiger partial charge is 0.493 e. The van der Waals surface area contributed by atoms with Gasteiger partial charge in [0.05, 0.1) is 11.3 Å². The van der Waals surface area contributed by atoms with Gasteiger partial charge in [0, 0.05) is 17.8 Å². The molecule has 0 unspecified atom stereocenters. The van der Waals surface area contributed by atoms with E-state index in [1.807, 2.05) is 31.2 Å². The summed E-state index contributed by atoms with van der Waals surface area (Å²) in [5, 5.41) is 23.4. The first kappa shape index (κ1) is 13.8. The molecule has 2 heterocycles. The molecule has 0 bridgehead atoms. The van der Waals surface area contributed by atoms with Gasteiger partial charge in [-0.15, -0.1) is 0 Å². The fourth-order valence-electron chi connectivity index (χ4n) is 2.20. The maximum atomic E-state index is 11.0. The molecule has 0 radical (unpaired) electrons. The number of hydrogen-bond donors (Lipinski definition) is 2. The Morgan fingerprint density at radius 2 is 1.95 bits per heavy atom. The summed E-state index contributed by atoms with van der Waals surface area (Å²) >= 11 is 0. The maximum absolute atomic E-state index is 11.0. The topological polar surface area (TPSA) is 88.2 Å². The average Bonchev–Trinajstić information content (AvgIpc) is 2.89. The van der Waals surface area contributed by atoms with Crippen LogP contribution in [0.25, 0.3) is 17.1 Å². The van der Waals surface area contributed by atoms with Crippen molar-refractivity contribution in [1.29, 1.82) is 0 Å². The zero-order valence-electron chi connectivity index (χ0n) is 11.8. The average molecular weight is 295 g/mol. The van der Waals surface area contributed by atoms with Gasteiger partial charge in [-0.25, -0.2) is 9.78 Å². The SMILES string of the molecule is Cc1ccccc1-c1cc(O)n(-c2cc(C(=O)O)ccn2)n1. The summed E-state index contributed by atoms with van der Waals surface area (Å²) in [4.78, 5) is 15.1. The van der Waals surface area contributed by atoms with Crippen LogP contribution in [-0.2, 0) is 0 Å². The van der Waals surface area contributed by atoms with Crippen molar-refractivity contribution in [3.63, 3.8) is 0 Å². The predicted octanol–water partition coefficient (Wildman–Crippen LogP) is 2.65. The van der Waals surface area contributed by atoms with E-state index in [1.165, 1.54) is 29.1 Å². The quantitative estimate of drug-likeness (QED) is 0.775. The molecule has 3 aromatic rings. The summed E-state index contributed by atoms with van der Waals surface area (Å²) in [6.45, 7) is 1.95. The van der Waals surface area contributed by atoms with Gasteiger partial charge in [-0.2, -0.15) is 9.78 Å². The molecule has 22 heavy (non-hydrogen) atoms. The van der Waals surface area contributed by atoms with Gasteiger partial charge in [-0.3, -0.25) is 0 Å². The van der Waals surface area contributed by atoms with E-state index in [9.17, 15) is 9.90 Å². The molecule has 1 aromatic carbocycles. The molecule has 110 valence electrons. The molecular weight excluding hydrogens is 282 g/mol. The van der Waals surface area contributed by atoms with E-state index in [0.717, 1.165) is 11.1 Å². The van der Waals surface area contributed by atoms with Gasteiger partial charge in [0.15, 0.2) is 5.82 Å². The predicted molar refractivity (Wildman–Crippen MR) is 80.2 cm³/mol. The van der Waals surface area contributed by atoms with Crippen LogP contribution in [0.4, 0.5) is 0 Å². The second kappa shape index (κ2) is 5.33. The highest BCUT2D eigenvalue weighted by atomic mass is 16.4. The van der Waals surface area contributed by atoms with Gasteiger partial charge in [0.25, 0.3) is 0 Å². The second-order valence-electron chi connectivity index (χ2n) is 4.82. The Hall–Kier alpha value is -3.15. The minimum atomic E-state index is -1.06. The Morgan fingerprint density at radius 3 is 2.68 bits per heavy atom. The molecule has 2 aromatic heterocycles. The summed E-state index contributed by atoms with van der Waals surface area (Å²) < 4.78 is 1.22. The van der Waals surface area contributed by atoms with Gasteiger partial charge < -0.3 is 10.2 Å². The van der Waals surface area contributed by atoms with E-state index < -0.39 is 5.97 Å². The zero-order chi connectivity index (χ0) is 15.7. The number of hydrogen-bond acceptors (Lipinski definition) is 4. The van der Waals surface area contributed by atoms with Gasteiger partial charge in [0.1, 0.15) is 0 Å². The highest BCUT2D eigenvalue weighted by Crippen LogP contribution is 2.27. The molecule has 6 heteroatoms. The third-order valence-corrected chi connectivity index (χ3v) is 3.32. The standard InChI is InChI=1S/C16H13N3O3/c1-10-4-2-3-5-12(10)13-9-15(20)19(18-13)14-8-11(16(21)22)6-7-17-14/h2-9,20H,1H3,(H,21,22). The highest BCUT2D eigenvalue weighted by molar-refractivity contribution is 5.87. The van der Waals surface area contributed by atoms with Gasteiger partial charge in [-0.1, -0.05) is 24.3 Å². The molecule has 0 saturated heterocycles. The van der Waals surface area contributed by atoms with Crippen molar-refractivity contribution in [3.05, 3.63) is 59.8 Å². The summed E-state index contributed by atoms with van der Waals surface area (Å²) in [6, 6.07) is 11.9. The first-order valence-corrected chi connectivity index (χ1v) is 6.61. The van der Waals surface area contributed by atoms with Crippen molar-refractivity contribution in [3.8, 4) is 23.0 Å². The summed E-state index contributed by atoms with van der Waals surface area (Å²) in [7, 11) is 0. The minimum absolute atomic E-state index is 0.0809. The lowest BCUT2D eigenvalue weighted by Crippen LogP contribution is -2.03. The van der Waals surface area contributed by atoms with Crippen LogP contribution in [0.2, 0.25) is 0 Å². The molecule has 6 nitrogen and oxygen atoms in total. The summed E-state index contributed by atoms with van der Waals surface area (Å²) in [6.07, 6.45) is 1.37. The van der Waals surface area contributed by atoms with Crippen molar-refractivity contribution in [2.24, 2.45) is 0 Å². The lowest BCUT2D eigenvalue weighted by Gasteiger charge is -2.03. The number of aromatic carboxylic acids is 1. The number of carboxylic acids is 1. The Labute approximate surface area is 126 Å². The van der Waals surface area contributed by atoms with E-state index in [-0.39, 0.29) is 17.3 Å². The van der Waals surface area contributed by atoms with Crippen molar-refractivity contribution in [1.82, 2.24) is 14.8 Å². The summed E-state index contributed by atoms with van der Waals surface area (Å²) in [5.74, 6) is -0.917. The smallest absolute Gasteiger partial charge is 0.335 e. The number of nitrogens with zero attached hydrogens (tertiary/aromatic N) is 3. The first-order valence-electron chi connectivity index (χ1n) is 6.61. The normalized spacial score (nSPS) is 10.6. The number of benzene rings is 1. The zero-order valence-corrected chi connectivity index (χ0v) is 11.8. The van der Waals surface area contributed by atoms with E-state index in [1.54, 1.807) is 0 Å². The Balaban J connectivity index is 2.09. The molecule has 0 saturated carbocycles. The van der Waals surface area contributed by atoms with Crippen LogP contribution < -0.4 is 0 Å². The van der Waals surface area contributed by atoms with E-state index in [2.05, 4.69) is 10.1 Å². The van der Waals surface area contributed by atoms with Gasteiger partial charge in [-0.05, 0) is 24.6 Å². The molecule has 0 aliphatic carbocycles. The molecule has 0 amide bonds. The van der Waals surface area contributed by atoms with Crippen LogP contribution >= 0.6 is 0 Å². The van der Waals surface area contributed by atoms with E-state index in [4.69, 9.17) is 5.11 Å². The van der Waals surface area contributed by atoms with Crippen LogP contribution in [0.15, 0.2) is 48.7 Å². The molecule has 3 rings (SSSR count). The van der Waals surface area contributed by atoms with Crippen molar-refractivity contribution in [2.75, 3.05) is 0 Å². The van der Waals surface area contributed by atoms with Gasteiger partial charge in [0.2, 0.25) is 5.88 Å². The third-order valence-electron chi connectivity index (χ3n) is 3.32. The number of rotatable bonds is 3. The lowest BCUT2D eigenvalue weighted by molar-refractivity contribution is 0.0696. The maximum Gasteiger partial charge on any atom is 0.335 e. The number of carbonyl (C=O) groups is 1. The van der Waals surface area contributed by atoms with Crippen LogP contribution in [0.3, 0.4) is 0 Å². The van der Waals surface area contributed by atoms with E-state index in [0.29, 0.717) is 5.69 Å². The molecule has 0 fully saturated rings. The Bertz CT molecular complexity index is 855. The fourth-order valence-corrected chi connectivity index (χ4v) is 2.20. The number of pyridine rings is 1. The van der Waals surface area contributed by atoms with Crippen LogP contribution in [0.1, 0.15) is 15.9 Å². The Morgan fingerprint density at radius 1 is 1.18 bits per heavy atom. The second-order valence-corrected chi connectivity index (χ2v) is 4.82. The Kier molecular flexibility index (Phi) is 3.34. The summed E-state index contributed by atoms with van der Waals surface area (Å²) in [5.41, 5.74) is 2.60. The molecule has 0 aliphatic rings. The monoisotopic (exact) mass is 295 g/mol.